The highest BCUT2D eigenvalue weighted by molar-refractivity contribution is 5.45. The maximum atomic E-state index is 5.55. The van der Waals surface area contributed by atoms with Crippen LogP contribution in [0.2, 0.25) is 0 Å². The molecule has 1 atom stereocenters. The Labute approximate surface area is 120 Å². The van der Waals surface area contributed by atoms with Gasteiger partial charge in [-0.3, -0.25) is 4.90 Å². The van der Waals surface area contributed by atoms with Crippen molar-refractivity contribution in [2.24, 2.45) is 5.92 Å². The van der Waals surface area contributed by atoms with E-state index in [1.807, 2.05) is 0 Å². The van der Waals surface area contributed by atoms with Crippen LogP contribution < -0.4 is 14.8 Å². The molecule has 0 aromatic heterocycles. The van der Waals surface area contributed by atoms with Crippen molar-refractivity contribution in [3.05, 3.63) is 23.8 Å². The highest BCUT2D eigenvalue weighted by Crippen LogP contribution is 2.44. The average molecular weight is 274 g/mol. The predicted molar refractivity (Wildman–Crippen MR) is 77.1 cm³/mol. The standard InChI is InChI=1S/C16H22N2O2/c1-2-12(3-1)16(18-8-6-17-7-9-18)13-4-5-14-15(10-13)20-11-19-14/h4-5,10,12,16-17H,1-3,6-9,11H2/t16-/m1/s1. The van der Waals surface area contributed by atoms with Crippen LogP contribution in [0.5, 0.6) is 11.5 Å². The molecular formula is C16H22N2O2. The van der Waals surface area contributed by atoms with E-state index in [1.165, 1.54) is 24.8 Å². The van der Waals surface area contributed by atoms with Gasteiger partial charge in [0.25, 0.3) is 0 Å². The summed E-state index contributed by atoms with van der Waals surface area (Å²) < 4.78 is 11.0. The minimum absolute atomic E-state index is 0.362. The average Bonchev–Trinajstić information content (AvgIpc) is 2.91. The van der Waals surface area contributed by atoms with E-state index in [0.717, 1.165) is 43.6 Å². The molecular weight excluding hydrogens is 252 g/mol. The number of ether oxygens (including phenoxy) is 2. The minimum Gasteiger partial charge on any atom is -0.454 e. The predicted octanol–water partition coefficient (Wildman–Crippen LogP) is 2.16. The van der Waals surface area contributed by atoms with E-state index >= 15 is 0 Å². The van der Waals surface area contributed by atoms with Crippen LogP contribution in [-0.4, -0.2) is 37.9 Å². The van der Waals surface area contributed by atoms with E-state index in [-0.39, 0.29) is 0 Å². The Morgan fingerprint density at radius 3 is 2.65 bits per heavy atom. The van der Waals surface area contributed by atoms with Crippen LogP contribution in [0.15, 0.2) is 18.2 Å². The molecule has 0 unspecified atom stereocenters. The third-order valence-corrected chi connectivity index (χ3v) is 4.88. The Morgan fingerprint density at radius 2 is 1.90 bits per heavy atom. The number of fused-ring (bicyclic) bond motifs is 1. The summed E-state index contributed by atoms with van der Waals surface area (Å²) in [6.07, 6.45) is 4.11. The quantitative estimate of drug-likeness (QED) is 0.916. The molecule has 1 saturated heterocycles. The Morgan fingerprint density at radius 1 is 1.10 bits per heavy atom. The molecule has 1 aromatic carbocycles. The molecule has 1 N–H and O–H groups in total. The molecule has 4 nitrogen and oxygen atoms in total. The number of benzene rings is 1. The van der Waals surface area contributed by atoms with Gasteiger partial charge in [0.2, 0.25) is 6.79 Å². The maximum absolute atomic E-state index is 5.55. The molecule has 20 heavy (non-hydrogen) atoms. The Hall–Kier alpha value is -1.26. The molecule has 3 aliphatic rings. The number of nitrogens with one attached hydrogen (secondary N) is 1. The molecule has 2 heterocycles. The SMILES string of the molecule is c1cc2c(cc1[C@@H](C1CCC1)N1CCNCC1)OCO2. The van der Waals surface area contributed by atoms with Gasteiger partial charge in [0.15, 0.2) is 11.5 Å². The van der Waals surface area contributed by atoms with Gasteiger partial charge in [-0.25, -0.2) is 0 Å². The van der Waals surface area contributed by atoms with Gasteiger partial charge in [-0.15, -0.1) is 0 Å². The first-order valence-corrected chi connectivity index (χ1v) is 7.76. The number of hydrogen-bond donors (Lipinski definition) is 1. The molecule has 1 aliphatic carbocycles. The van der Waals surface area contributed by atoms with E-state index < -0.39 is 0 Å². The molecule has 108 valence electrons. The summed E-state index contributed by atoms with van der Waals surface area (Å²) in [6.45, 7) is 4.87. The zero-order valence-corrected chi connectivity index (χ0v) is 11.8. The summed E-state index contributed by atoms with van der Waals surface area (Å²) in [5.74, 6) is 2.62. The van der Waals surface area contributed by atoms with Crippen molar-refractivity contribution in [2.45, 2.75) is 25.3 Å². The van der Waals surface area contributed by atoms with Crippen molar-refractivity contribution in [3.8, 4) is 11.5 Å². The Balaban J connectivity index is 1.63. The van der Waals surface area contributed by atoms with Crippen molar-refractivity contribution in [3.63, 3.8) is 0 Å². The zero-order chi connectivity index (χ0) is 13.4. The normalized spacial score (nSPS) is 24.4. The molecule has 0 bridgehead atoms. The van der Waals surface area contributed by atoms with Crippen molar-refractivity contribution >= 4 is 0 Å². The highest BCUT2D eigenvalue weighted by atomic mass is 16.7. The van der Waals surface area contributed by atoms with E-state index in [2.05, 4.69) is 28.4 Å². The van der Waals surface area contributed by atoms with Gasteiger partial charge < -0.3 is 14.8 Å². The van der Waals surface area contributed by atoms with Gasteiger partial charge in [-0.05, 0) is 36.5 Å². The first-order valence-electron chi connectivity index (χ1n) is 7.76. The lowest BCUT2D eigenvalue weighted by molar-refractivity contribution is 0.0835. The Bertz CT molecular complexity index is 481. The highest BCUT2D eigenvalue weighted by Gasteiger charge is 2.34. The fraction of sp³-hybridized carbons (Fsp3) is 0.625. The Kier molecular flexibility index (Phi) is 3.28. The number of nitrogens with zero attached hydrogens (tertiary/aromatic N) is 1. The fourth-order valence-corrected chi connectivity index (χ4v) is 3.59. The second-order valence-corrected chi connectivity index (χ2v) is 6.03. The number of piperazine rings is 1. The maximum Gasteiger partial charge on any atom is 0.231 e. The zero-order valence-electron chi connectivity index (χ0n) is 11.8. The molecule has 4 heteroatoms. The van der Waals surface area contributed by atoms with E-state index in [4.69, 9.17) is 9.47 Å². The van der Waals surface area contributed by atoms with Crippen molar-refractivity contribution < 1.29 is 9.47 Å². The van der Waals surface area contributed by atoms with Crippen LogP contribution in [0.1, 0.15) is 30.9 Å². The van der Waals surface area contributed by atoms with Crippen LogP contribution in [0, 0.1) is 5.92 Å². The number of rotatable bonds is 3. The van der Waals surface area contributed by atoms with E-state index in [0.29, 0.717) is 12.8 Å². The van der Waals surface area contributed by atoms with Crippen molar-refractivity contribution in [2.75, 3.05) is 33.0 Å². The second-order valence-electron chi connectivity index (χ2n) is 6.03. The van der Waals surface area contributed by atoms with Crippen LogP contribution in [0.4, 0.5) is 0 Å². The molecule has 2 aliphatic heterocycles. The summed E-state index contributed by atoms with van der Waals surface area (Å²) in [5, 5.41) is 3.45. The first-order chi connectivity index (χ1) is 9.92. The lowest BCUT2D eigenvalue weighted by atomic mass is 9.76. The minimum atomic E-state index is 0.362. The summed E-state index contributed by atoms with van der Waals surface area (Å²) in [6, 6.07) is 7.07. The molecule has 1 aromatic rings. The smallest absolute Gasteiger partial charge is 0.231 e. The molecule has 0 amide bonds. The molecule has 4 rings (SSSR count). The molecule has 0 radical (unpaired) electrons. The van der Waals surface area contributed by atoms with Gasteiger partial charge in [-0.2, -0.15) is 0 Å². The van der Waals surface area contributed by atoms with Crippen LogP contribution in [0.25, 0.3) is 0 Å². The third kappa shape index (κ3) is 2.17. The van der Waals surface area contributed by atoms with Gasteiger partial charge >= 0.3 is 0 Å². The van der Waals surface area contributed by atoms with Crippen molar-refractivity contribution in [1.82, 2.24) is 10.2 Å². The summed E-state index contributed by atoms with van der Waals surface area (Å²) >= 11 is 0. The summed E-state index contributed by atoms with van der Waals surface area (Å²) in [4.78, 5) is 2.65. The van der Waals surface area contributed by atoms with Crippen molar-refractivity contribution in [1.29, 1.82) is 0 Å². The van der Waals surface area contributed by atoms with Gasteiger partial charge in [0.1, 0.15) is 0 Å². The lowest BCUT2D eigenvalue weighted by Gasteiger charge is -2.43. The molecule has 1 saturated carbocycles. The van der Waals surface area contributed by atoms with Crippen LogP contribution >= 0.6 is 0 Å². The van der Waals surface area contributed by atoms with Gasteiger partial charge in [0, 0.05) is 32.2 Å². The second kappa shape index (κ2) is 5.26. The largest absolute Gasteiger partial charge is 0.454 e. The summed E-state index contributed by atoms with van der Waals surface area (Å²) in [5.41, 5.74) is 1.40. The molecule has 0 spiro atoms. The van der Waals surface area contributed by atoms with Crippen LogP contribution in [0.3, 0.4) is 0 Å². The monoisotopic (exact) mass is 274 g/mol. The lowest BCUT2D eigenvalue weighted by Crippen LogP contribution is -2.47. The topological polar surface area (TPSA) is 33.7 Å². The van der Waals surface area contributed by atoms with Crippen LogP contribution in [-0.2, 0) is 0 Å². The van der Waals surface area contributed by atoms with E-state index in [9.17, 15) is 0 Å². The van der Waals surface area contributed by atoms with Gasteiger partial charge in [-0.1, -0.05) is 12.5 Å². The van der Waals surface area contributed by atoms with E-state index in [1.54, 1.807) is 0 Å². The first kappa shape index (κ1) is 12.5. The fourth-order valence-electron chi connectivity index (χ4n) is 3.59. The third-order valence-electron chi connectivity index (χ3n) is 4.88. The van der Waals surface area contributed by atoms with Gasteiger partial charge in [0.05, 0.1) is 0 Å². The number of hydrogen-bond acceptors (Lipinski definition) is 4. The molecule has 2 fully saturated rings. The summed E-state index contributed by atoms with van der Waals surface area (Å²) in [7, 11) is 0.